The average Bonchev–Trinajstić information content (AvgIpc) is 2.60. The van der Waals surface area contributed by atoms with Crippen molar-refractivity contribution in [3.8, 4) is 0 Å². The molecule has 0 bridgehead atoms. The van der Waals surface area contributed by atoms with Crippen LogP contribution in [0.25, 0.3) is 0 Å². The van der Waals surface area contributed by atoms with E-state index in [0.29, 0.717) is 0 Å². The zero-order chi connectivity index (χ0) is 16.9. The van der Waals surface area contributed by atoms with Gasteiger partial charge in [0.2, 0.25) is 0 Å². The number of benzene rings is 3. The van der Waals surface area contributed by atoms with Gasteiger partial charge >= 0.3 is 150 Å². The van der Waals surface area contributed by atoms with Crippen LogP contribution in [0.5, 0.6) is 0 Å². The second-order valence-electron chi connectivity index (χ2n) is 6.12. The predicted octanol–water partition coefficient (Wildman–Crippen LogP) is 4.11. The minimum atomic E-state index is -0.494. The molecule has 0 saturated heterocycles. The molecule has 0 saturated carbocycles. The van der Waals surface area contributed by atoms with Gasteiger partial charge in [-0.2, -0.15) is 0 Å². The van der Waals surface area contributed by atoms with Crippen LogP contribution in [0, 0.1) is 13.8 Å². The zero-order valence-electron chi connectivity index (χ0n) is 14.0. The molecule has 0 spiro atoms. The number of aliphatic hydroxyl groups is 1. The minimum absolute atomic E-state index is 0.0987. The summed E-state index contributed by atoms with van der Waals surface area (Å²) in [4.78, 5) is 0.0987. The molecule has 2 heteroatoms. The SMILES string of the molecule is Cc1cccc([C@@H](O)[C@H]([Se]c2ccccc2)c2cccc(C)c2)c1. The normalized spacial score (nSPS) is 13.5. The first-order chi connectivity index (χ1) is 11.6. The monoisotopic (exact) mass is 382 g/mol. The van der Waals surface area contributed by atoms with E-state index < -0.39 is 6.10 Å². The quantitative estimate of drug-likeness (QED) is 0.660. The van der Waals surface area contributed by atoms with E-state index in [-0.39, 0.29) is 19.8 Å². The molecule has 0 radical (unpaired) electrons. The van der Waals surface area contributed by atoms with E-state index in [0.717, 1.165) is 5.56 Å². The van der Waals surface area contributed by atoms with Crippen LogP contribution in [0.2, 0.25) is 0 Å². The van der Waals surface area contributed by atoms with Gasteiger partial charge in [0.15, 0.2) is 0 Å². The summed E-state index contributed by atoms with van der Waals surface area (Å²) in [6, 6.07) is 27.3. The molecule has 0 aromatic heterocycles. The van der Waals surface area contributed by atoms with Crippen LogP contribution in [0.1, 0.15) is 33.2 Å². The first kappa shape index (κ1) is 17.0. The molecule has 0 amide bonds. The number of rotatable bonds is 5. The van der Waals surface area contributed by atoms with Crippen LogP contribution in [-0.4, -0.2) is 20.1 Å². The summed E-state index contributed by atoms with van der Waals surface area (Å²) in [7, 11) is 0. The van der Waals surface area contributed by atoms with E-state index in [2.05, 4.69) is 74.5 Å². The summed E-state index contributed by atoms with van der Waals surface area (Å²) in [5.74, 6) is 0. The van der Waals surface area contributed by atoms with Gasteiger partial charge in [-0.15, -0.1) is 0 Å². The second-order valence-corrected chi connectivity index (χ2v) is 8.67. The van der Waals surface area contributed by atoms with Crippen molar-refractivity contribution in [1.29, 1.82) is 0 Å². The second kappa shape index (κ2) is 7.81. The first-order valence-electron chi connectivity index (χ1n) is 8.16. The van der Waals surface area contributed by atoms with E-state index in [4.69, 9.17) is 0 Å². The first-order valence-corrected chi connectivity index (χ1v) is 10.0. The Morgan fingerprint density at radius 1 is 0.708 bits per heavy atom. The molecule has 0 unspecified atom stereocenters. The van der Waals surface area contributed by atoms with Crippen molar-refractivity contribution in [1.82, 2.24) is 0 Å². The van der Waals surface area contributed by atoms with Gasteiger partial charge in [-0.3, -0.25) is 0 Å². The Bertz CT molecular complexity index is 798. The van der Waals surface area contributed by atoms with E-state index in [1.54, 1.807) is 0 Å². The Kier molecular flexibility index (Phi) is 5.52. The van der Waals surface area contributed by atoms with Crippen molar-refractivity contribution in [2.24, 2.45) is 0 Å². The number of hydrogen-bond acceptors (Lipinski definition) is 1. The van der Waals surface area contributed by atoms with Crippen LogP contribution in [-0.2, 0) is 0 Å². The third-order valence-electron chi connectivity index (χ3n) is 4.05. The molecule has 3 rings (SSSR count). The van der Waals surface area contributed by atoms with Crippen molar-refractivity contribution in [2.45, 2.75) is 24.8 Å². The van der Waals surface area contributed by atoms with Crippen LogP contribution < -0.4 is 4.46 Å². The van der Waals surface area contributed by atoms with Gasteiger partial charge in [-0.1, -0.05) is 0 Å². The maximum atomic E-state index is 11.1. The summed E-state index contributed by atoms with van der Waals surface area (Å²) in [5.41, 5.74) is 4.63. The van der Waals surface area contributed by atoms with Gasteiger partial charge in [0.1, 0.15) is 0 Å². The molecular weight excluding hydrogens is 359 g/mol. The summed E-state index contributed by atoms with van der Waals surface area (Å²) < 4.78 is 1.31. The zero-order valence-corrected chi connectivity index (χ0v) is 15.7. The number of aryl methyl sites for hydroxylation is 2. The summed E-state index contributed by atoms with van der Waals surface area (Å²) in [6.07, 6.45) is -0.494. The molecule has 122 valence electrons. The van der Waals surface area contributed by atoms with Crippen molar-refractivity contribution in [2.75, 3.05) is 0 Å². The maximum absolute atomic E-state index is 11.1. The predicted molar refractivity (Wildman–Crippen MR) is 102 cm³/mol. The molecule has 1 nitrogen and oxygen atoms in total. The Morgan fingerprint density at radius 2 is 1.29 bits per heavy atom. The molecule has 0 aliphatic heterocycles. The molecule has 24 heavy (non-hydrogen) atoms. The van der Waals surface area contributed by atoms with Gasteiger partial charge in [-0.05, 0) is 0 Å². The third kappa shape index (κ3) is 4.15. The van der Waals surface area contributed by atoms with Crippen molar-refractivity contribution in [3.05, 3.63) is 101 Å². The summed E-state index contributed by atoms with van der Waals surface area (Å²) in [6.45, 7) is 4.18. The summed E-state index contributed by atoms with van der Waals surface area (Å²) >= 11 is 0.151. The van der Waals surface area contributed by atoms with Crippen LogP contribution in [0.4, 0.5) is 0 Å². The fraction of sp³-hybridized carbons (Fsp3) is 0.182. The van der Waals surface area contributed by atoms with Gasteiger partial charge in [0.25, 0.3) is 0 Å². The average molecular weight is 381 g/mol. The standard InChI is InChI=1S/C22H22OSe/c1-16-8-6-10-18(14-16)21(23)22(19-11-7-9-17(2)15-19)24-20-12-4-3-5-13-20/h3-15,21-23H,1-2H3/t21-,22-/m1/s1. The van der Waals surface area contributed by atoms with Crippen molar-refractivity contribution in [3.63, 3.8) is 0 Å². The summed E-state index contributed by atoms with van der Waals surface area (Å²) in [5, 5.41) is 11.1. The van der Waals surface area contributed by atoms with E-state index in [9.17, 15) is 5.11 Å². The van der Waals surface area contributed by atoms with E-state index in [1.807, 2.05) is 18.2 Å². The van der Waals surface area contributed by atoms with Crippen molar-refractivity contribution < 1.29 is 5.11 Å². The number of aliphatic hydroxyl groups excluding tert-OH is 1. The number of hydrogen-bond donors (Lipinski definition) is 1. The molecular formula is C22H22OSe. The Hall–Kier alpha value is -1.86. The molecule has 1 N–H and O–H groups in total. The van der Waals surface area contributed by atoms with Crippen LogP contribution >= 0.6 is 0 Å². The van der Waals surface area contributed by atoms with Gasteiger partial charge in [-0.25, -0.2) is 0 Å². The van der Waals surface area contributed by atoms with Gasteiger partial charge < -0.3 is 0 Å². The Morgan fingerprint density at radius 3 is 1.92 bits per heavy atom. The topological polar surface area (TPSA) is 20.2 Å². The van der Waals surface area contributed by atoms with Crippen molar-refractivity contribution >= 4 is 19.4 Å². The van der Waals surface area contributed by atoms with Crippen LogP contribution in [0.15, 0.2) is 78.9 Å². The molecule has 0 aliphatic rings. The molecule has 2 atom stereocenters. The molecule has 3 aromatic carbocycles. The molecule has 0 fully saturated rings. The van der Waals surface area contributed by atoms with Gasteiger partial charge in [0.05, 0.1) is 0 Å². The van der Waals surface area contributed by atoms with E-state index >= 15 is 0 Å². The van der Waals surface area contributed by atoms with Gasteiger partial charge in [0, 0.05) is 0 Å². The molecule has 3 aromatic rings. The Balaban J connectivity index is 1.98. The fourth-order valence-corrected chi connectivity index (χ4v) is 5.30. The van der Waals surface area contributed by atoms with E-state index in [1.165, 1.54) is 21.2 Å². The molecule has 0 heterocycles. The third-order valence-corrected chi connectivity index (χ3v) is 6.83. The fourth-order valence-electron chi connectivity index (χ4n) is 2.84. The van der Waals surface area contributed by atoms with Crippen LogP contribution in [0.3, 0.4) is 0 Å². The molecule has 0 aliphatic carbocycles. The Labute approximate surface area is 150 Å².